The molecule has 1 aromatic carbocycles. The lowest BCUT2D eigenvalue weighted by molar-refractivity contribution is 0.607. The topological polar surface area (TPSA) is 24.9 Å². The molecule has 1 heterocycles. The summed E-state index contributed by atoms with van der Waals surface area (Å²) in [7, 11) is 0. The van der Waals surface area contributed by atoms with Crippen LogP contribution in [-0.4, -0.2) is 11.5 Å². The van der Waals surface area contributed by atoms with Gasteiger partial charge in [-0.3, -0.25) is 0 Å². The summed E-state index contributed by atoms with van der Waals surface area (Å²) in [6, 6.07) is 6.33. The van der Waals surface area contributed by atoms with Gasteiger partial charge in [-0.15, -0.1) is 0 Å². The number of hydrogen-bond acceptors (Lipinski definition) is 3. The molecule has 0 aliphatic carbocycles. The lowest BCUT2D eigenvalue weighted by Gasteiger charge is -2.04. The van der Waals surface area contributed by atoms with Gasteiger partial charge >= 0.3 is 0 Å². The van der Waals surface area contributed by atoms with Crippen LogP contribution in [-0.2, 0) is 0 Å². The van der Waals surface area contributed by atoms with E-state index in [2.05, 4.69) is 49.3 Å². The van der Waals surface area contributed by atoms with Crippen molar-refractivity contribution in [3.05, 3.63) is 23.8 Å². The van der Waals surface area contributed by atoms with Crippen molar-refractivity contribution in [2.45, 2.75) is 27.2 Å². The van der Waals surface area contributed by atoms with Crippen LogP contribution in [0.15, 0.2) is 18.2 Å². The van der Waals surface area contributed by atoms with Crippen molar-refractivity contribution in [1.82, 2.24) is 4.98 Å². The van der Waals surface area contributed by atoms with E-state index in [1.165, 1.54) is 16.7 Å². The molecule has 2 rings (SSSR count). The average molecular weight is 234 g/mol. The third-order valence-electron chi connectivity index (χ3n) is 2.62. The van der Waals surface area contributed by atoms with Crippen molar-refractivity contribution in [1.29, 1.82) is 0 Å². The molecule has 0 spiro atoms. The number of hydrogen-bond donors (Lipinski definition) is 1. The van der Waals surface area contributed by atoms with Gasteiger partial charge in [0.2, 0.25) is 0 Å². The highest BCUT2D eigenvalue weighted by atomic mass is 32.1. The largest absolute Gasteiger partial charge is 0.361 e. The van der Waals surface area contributed by atoms with Crippen LogP contribution >= 0.6 is 11.3 Å². The van der Waals surface area contributed by atoms with E-state index in [1.807, 2.05) is 0 Å². The van der Waals surface area contributed by atoms with Crippen LogP contribution in [0.5, 0.6) is 0 Å². The third-order valence-corrected chi connectivity index (χ3v) is 3.60. The van der Waals surface area contributed by atoms with Crippen molar-refractivity contribution in [3.63, 3.8) is 0 Å². The SMILES string of the molecule is Cc1cccc2sc(NCCC(C)C)nc12. The fourth-order valence-electron chi connectivity index (χ4n) is 1.63. The van der Waals surface area contributed by atoms with Gasteiger partial charge < -0.3 is 5.32 Å². The Balaban J connectivity index is 2.11. The van der Waals surface area contributed by atoms with Crippen LogP contribution in [0, 0.1) is 12.8 Å². The molecule has 0 fully saturated rings. The van der Waals surface area contributed by atoms with Gasteiger partial charge in [-0.25, -0.2) is 4.98 Å². The molecule has 0 aliphatic rings. The number of aryl methyl sites for hydroxylation is 1. The second kappa shape index (κ2) is 4.83. The van der Waals surface area contributed by atoms with E-state index in [4.69, 9.17) is 0 Å². The molecule has 16 heavy (non-hydrogen) atoms. The van der Waals surface area contributed by atoms with E-state index < -0.39 is 0 Å². The summed E-state index contributed by atoms with van der Waals surface area (Å²) in [5, 5.41) is 4.45. The van der Waals surface area contributed by atoms with Gasteiger partial charge in [-0.2, -0.15) is 0 Å². The number of fused-ring (bicyclic) bond motifs is 1. The van der Waals surface area contributed by atoms with Crippen LogP contribution in [0.3, 0.4) is 0 Å². The standard InChI is InChI=1S/C13H18N2S/c1-9(2)7-8-14-13-15-12-10(3)5-4-6-11(12)16-13/h4-6,9H,7-8H2,1-3H3,(H,14,15). The van der Waals surface area contributed by atoms with Gasteiger partial charge in [0.25, 0.3) is 0 Å². The van der Waals surface area contributed by atoms with Gasteiger partial charge in [0.05, 0.1) is 10.2 Å². The van der Waals surface area contributed by atoms with Crippen LogP contribution in [0.2, 0.25) is 0 Å². The van der Waals surface area contributed by atoms with Gasteiger partial charge in [-0.05, 0) is 30.9 Å². The molecule has 2 aromatic rings. The summed E-state index contributed by atoms with van der Waals surface area (Å²) in [6.45, 7) is 7.60. The van der Waals surface area contributed by atoms with Crippen molar-refractivity contribution in [3.8, 4) is 0 Å². The Hall–Kier alpha value is -1.09. The molecular formula is C13H18N2S. The van der Waals surface area contributed by atoms with Crippen molar-refractivity contribution in [2.75, 3.05) is 11.9 Å². The van der Waals surface area contributed by atoms with Crippen LogP contribution < -0.4 is 5.32 Å². The van der Waals surface area contributed by atoms with Crippen LogP contribution in [0.4, 0.5) is 5.13 Å². The van der Waals surface area contributed by atoms with Crippen molar-refractivity contribution < 1.29 is 0 Å². The maximum atomic E-state index is 4.62. The minimum atomic E-state index is 0.739. The Morgan fingerprint density at radius 2 is 2.19 bits per heavy atom. The smallest absolute Gasteiger partial charge is 0.183 e. The first-order valence-electron chi connectivity index (χ1n) is 5.77. The Labute approximate surface area is 101 Å². The molecule has 1 N–H and O–H groups in total. The van der Waals surface area contributed by atoms with E-state index in [1.54, 1.807) is 11.3 Å². The number of nitrogens with one attached hydrogen (secondary N) is 1. The number of benzene rings is 1. The molecule has 0 amide bonds. The first kappa shape index (κ1) is 11.4. The molecular weight excluding hydrogens is 216 g/mol. The Morgan fingerprint density at radius 3 is 2.88 bits per heavy atom. The molecule has 0 radical (unpaired) electrons. The second-order valence-electron chi connectivity index (χ2n) is 4.55. The van der Waals surface area contributed by atoms with Gasteiger partial charge in [-0.1, -0.05) is 37.3 Å². The van der Waals surface area contributed by atoms with Gasteiger partial charge in [0.1, 0.15) is 0 Å². The van der Waals surface area contributed by atoms with Crippen molar-refractivity contribution >= 4 is 26.7 Å². The minimum Gasteiger partial charge on any atom is -0.361 e. The monoisotopic (exact) mass is 234 g/mol. The van der Waals surface area contributed by atoms with Gasteiger partial charge in [0, 0.05) is 6.54 Å². The first-order chi connectivity index (χ1) is 7.66. The number of thiazole rings is 1. The average Bonchev–Trinajstić information content (AvgIpc) is 2.61. The zero-order valence-electron chi connectivity index (χ0n) is 10.1. The number of nitrogens with zero attached hydrogens (tertiary/aromatic N) is 1. The Bertz CT molecular complexity index is 474. The Morgan fingerprint density at radius 1 is 1.38 bits per heavy atom. The summed E-state index contributed by atoms with van der Waals surface area (Å²) < 4.78 is 1.27. The Kier molecular flexibility index (Phi) is 3.44. The second-order valence-corrected chi connectivity index (χ2v) is 5.58. The summed E-state index contributed by atoms with van der Waals surface area (Å²) in [5.74, 6) is 0.739. The summed E-state index contributed by atoms with van der Waals surface area (Å²) in [6.07, 6.45) is 1.19. The third kappa shape index (κ3) is 2.53. The van der Waals surface area contributed by atoms with Crippen LogP contribution in [0.1, 0.15) is 25.8 Å². The predicted octanol–water partition coefficient (Wildman–Crippen LogP) is 4.06. The molecule has 1 aromatic heterocycles. The number of rotatable bonds is 4. The molecule has 0 saturated heterocycles. The summed E-state index contributed by atoms with van der Waals surface area (Å²) in [5.41, 5.74) is 2.39. The highest BCUT2D eigenvalue weighted by molar-refractivity contribution is 7.22. The predicted molar refractivity (Wildman–Crippen MR) is 72.3 cm³/mol. The quantitative estimate of drug-likeness (QED) is 0.862. The van der Waals surface area contributed by atoms with E-state index >= 15 is 0 Å². The molecule has 0 aliphatic heterocycles. The molecule has 2 nitrogen and oxygen atoms in total. The lowest BCUT2D eigenvalue weighted by Crippen LogP contribution is -2.04. The fraction of sp³-hybridized carbons (Fsp3) is 0.462. The van der Waals surface area contributed by atoms with Crippen LogP contribution in [0.25, 0.3) is 10.2 Å². The normalized spacial score (nSPS) is 11.2. The number of para-hydroxylation sites is 1. The molecule has 0 saturated carbocycles. The zero-order valence-corrected chi connectivity index (χ0v) is 10.9. The summed E-state index contributed by atoms with van der Waals surface area (Å²) in [4.78, 5) is 4.62. The zero-order chi connectivity index (χ0) is 11.5. The molecule has 0 atom stereocenters. The maximum absolute atomic E-state index is 4.62. The minimum absolute atomic E-state index is 0.739. The molecule has 0 bridgehead atoms. The first-order valence-corrected chi connectivity index (χ1v) is 6.58. The van der Waals surface area contributed by atoms with Gasteiger partial charge in [0.15, 0.2) is 5.13 Å². The molecule has 0 unspecified atom stereocenters. The highest BCUT2D eigenvalue weighted by Gasteiger charge is 2.04. The number of aromatic nitrogens is 1. The van der Waals surface area contributed by atoms with E-state index in [0.717, 1.165) is 23.1 Å². The van der Waals surface area contributed by atoms with E-state index in [0.29, 0.717) is 0 Å². The molecule has 86 valence electrons. The highest BCUT2D eigenvalue weighted by Crippen LogP contribution is 2.27. The number of anilines is 1. The van der Waals surface area contributed by atoms with Crippen molar-refractivity contribution in [2.24, 2.45) is 5.92 Å². The summed E-state index contributed by atoms with van der Waals surface area (Å²) >= 11 is 1.74. The van der Waals surface area contributed by atoms with E-state index in [-0.39, 0.29) is 0 Å². The maximum Gasteiger partial charge on any atom is 0.183 e. The molecule has 3 heteroatoms. The van der Waals surface area contributed by atoms with E-state index in [9.17, 15) is 0 Å². The fourth-order valence-corrected chi connectivity index (χ4v) is 2.60. The lowest BCUT2D eigenvalue weighted by atomic mass is 10.1.